The summed E-state index contributed by atoms with van der Waals surface area (Å²) < 4.78 is 2.03. The van der Waals surface area contributed by atoms with Crippen LogP contribution >= 0.6 is 11.6 Å². The maximum Gasteiger partial charge on any atom is 0.320 e. The molecule has 0 bridgehead atoms. The second-order valence-electron chi connectivity index (χ2n) is 9.01. The molecule has 0 radical (unpaired) electrons. The molecule has 4 rings (SSSR count). The predicted molar refractivity (Wildman–Crippen MR) is 115 cm³/mol. The Hall–Kier alpha value is -2.61. The van der Waals surface area contributed by atoms with E-state index in [1.807, 2.05) is 15.8 Å². The molecule has 160 valence electrons. The van der Waals surface area contributed by atoms with Crippen LogP contribution < -0.4 is 10.6 Å². The van der Waals surface area contributed by atoms with Gasteiger partial charge in [0.2, 0.25) is 5.91 Å². The number of carbonyl (C=O) groups is 2. The minimum Gasteiger partial charge on any atom is -0.343 e. The standard InChI is InChI=1S/C21H27ClN6O2/c1-13(29)27-5-4-14(11-27)8-24-20(30)26-19-6-15(17(22)10-23-19)16-9-25-28-12-21(2,3)7-18(16)28/h6,9-10,14H,4-5,7-8,11-12H2,1-3H3,(H2,23,24,26,30). The van der Waals surface area contributed by atoms with Crippen molar-refractivity contribution in [1.82, 2.24) is 25.0 Å². The third kappa shape index (κ3) is 4.28. The van der Waals surface area contributed by atoms with E-state index in [1.165, 1.54) is 0 Å². The molecule has 2 aliphatic heterocycles. The van der Waals surface area contributed by atoms with E-state index in [4.69, 9.17) is 11.6 Å². The van der Waals surface area contributed by atoms with Crippen LogP contribution in [0.25, 0.3) is 11.1 Å². The van der Waals surface area contributed by atoms with E-state index in [0.717, 1.165) is 42.8 Å². The number of rotatable bonds is 4. The van der Waals surface area contributed by atoms with Gasteiger partial charge in [-0.3, -0.25) is 14.8 Å². The van der Waals surface area contributed by atoms with E-state index in [9.17, 15) is 9.59 Å². The summed E-state index contributed by atoms with van der Waals surface area (Å²) in [5.74, 6) is 0.780. The van der Waals surface area contributed by atoms with Gasteiger partial charge in [0.15, 0.2) is 0 Å². The molecule has 4 heterocycles. The van der Waals surface area contributed by atoms with Gasteiger partial charge < -0.3 is 10.2 Å². The molecule has 0 saturated carbocycles. The van der Waals surface area contributed by atoms with Gasteiger partial charge in [0.05, 0.1) is 11.2 Å². The molecule has 1 saturated heterocycles. The van der Waals surface area contributed by atoms with Crippen LogP contribution in [-0.2, 0) is 17.8 Å². The first-order valence-electron chi connectivity index (χ1n) is 10.2. The molecule has 3 amide bonds. The Kier molecular flexibility index (Phi) is 5.44. The summed E-state index contributed by atoms with van der Waals surface area (Å²) in [5, 5.41) is 10.7. The number of likely N-dealkylation sites (tertiary alicyclic amines) is 1. The highest BCUT2D eigenvalue weighted by Crippen LogP contribution is 2.39. The van der Waals surface area contributed by atoms with E-state index < -0.39 is 0 Å². The Bertz CT molecular complexity index is 986. The van der Waals surface area contributed by atoms with Crippen LogP contribution in [0.2, 0.25) is 5.02 Å². The quantitative estimate of drug-likeness (QED) is 0.779. The van der Waals surface area contributed by atoms with Crippen LogP contribution in [0.15, 0.2) is 18.5 Å². The van der Waals surface area contributed by atoms with Gasteiger partial charge in [-0.2, -0.15) is 5.10 Å². The van der Waals surface area contributed by atoms with Crippen molar-refractivity contribution >= 4 is 29.4 Å². The first-order chi connectivity index (χ1) is 14.2. The molecule has 9 heteroatoms. The minimum absolute atomic E-state index is 0.0786. The molecule has 8 nitrogen and oxygen atoms in total. The summed E-state index contributed by atoms with van der Waals surface area (Å²) in [5.41, 5.74) is 3.11. The zero-order valence-corrected chi connectivity index (χ0v) is 18.3. The zero-order valence-electron chi connectivity index (χ0n) is 17.5. The monoisotopic (exact) mass is 430 g/mol. The highest BCUT2D eigenvalue weighted by molar-refractivity contribution is 6.33. The van der Waals surface area contributed by atoms with Crippen LogP contribution in [0.1, 0.15) is 32.9 Å². The lowest BCUT2D eigenvalue weighted by Crippen LogP contribution is -2.35. The molecule has 0 spiro atoms. The van der Waals surface area contributed by atoms with Crippen molar-refractivity contribution in [2.45, 2.75) is 40.2 Å². The number of pyridine rings is 1. The van der Waals surface area contributed by atoms with Gasteiger partial charge in [0.1, 0.15) is 5.82 Å². The van der Waals surface area contributed by atoms with E-state index >= 15 is 0 Å². The Morgan fingerprint density at radius 3 is 2.83 bits per heavy atom. The molecular weight excluding hydrogens is 404 g/mol. The van der Waals surface area contributed by atoms with E-state index in [-0.39, 0.29) is 23.3 Å². The fourth-order valence-corrected chi connectivity index (χ4v) is 4.47. The number of hydrogen-bond donors (Lipinski definition) is 2. The maximum absolute atomic E-state index is 12.3. The molecule has 2 aliphatic rings. The Morgan fingerprint density at radius 2 is 2.10 bits per heavy atom. The fourth-order valence-electron chi connectivity index (χ4n) is 4.27. The van der Waals surface area contributed by atoms with Crippen molar-refractivity contribution in [3.63, 3.8) is 0 Å². The smallest absolute Gasteiger partial charge is 0.320 e. The third-order valence-electron chi connectivity index (χ3n) is 5.84. The van der Waals surface area contributed by atoms with Crippen LogP contribution in [-0.4, -0.2) is 51.2 Å². The molecule has 1 atom stereocenters. The highest BCUT2D eigenvalue weighted by atomic mass is 35.5. The lowest BCUT2D eigenvalue weighted by Gasteiger charge is -2.15. The number of halogens is 1. The van der Waals surface area contributed by atoms with Crippen LogP contribution in [0, 0.1) is 11.3 Å². The first-order valence-corrected chi connectivity index (χ1v) is 10.6. The molecule has 1 unspecified atom stereocenters. The molecule has 2 aromatic rings. The lowest BCUT2D eigenvalue weighted by atomic mass is 9.89. The average molecular weight is 431 g/mol. The number of urea groups is 1. The second-order valence-corrected chi connectivity index (χ2v) is 9.41. The van der Waals surface area contributed by atoms with Crippen molar-refractivity contribution in [3.8, 4) is 11.1 Å². The van der Waals surface area contributed by atoms with Gasteiger partial charge >= 0.3 is 6.03 Å². The molecular formula is C21H27ClN6O2. The van der Waals surface area contributed by atoms with Crippen molar-refractivity contribution in [2.75, 3.05) is 25.0 Å². The van der Waals surface area contributed by atoms with E-state index in [2.05, 4.69) is 34.6 Å². The largest absolute Gasteiger partial charge is 0.343 e. The minimum atomic E-state index is -0.321. The molecule has 30 heavy (non-hydrogen) atoms. The average Bonchev–Trinajstić information content (AvgIpc) is 3.36. The Balaban J connectivity index is 1.41. The van der Waals surface area contributed by atoms with Crippen molar-refractivity contribution in [1.29, 1.82) is 0 Å². The molecule has 0 aromatic carbocycles. The SMILES string of the molecule is CC(=O)N1CCC(CNC(=O)Nc2cc(-c3cnn4c3CC(C)(C)C4)c(Cl)cn2)C1. The van der Waals surface area contributed by atoms with Gasteiger partial charge in [-0.15, -0.1) is 0 Å². The number of carbonyl (C=O) groups excluding carboxylic acids is 2. The zero-order chi connectivity index (χ0) is 21.5. The van der Waals surface area contributed by atoms with E-state index in [1.54, 1.807) is 19.2 Å². The van der Waals surface area contributed by atoms with Gasteiger partial charge in [0, 0.05) is 56.1 Å². The topological polar surface area (TPSA) is 92.2 Å². The highest BCUT2D eigenvalue weighted by Gasteiger charge is 2.32. The van der Waals surface area contributed by atoms with E-state index in [0.29, 0.717) is 23.9 Å². The molecule has 2 aromatic heterocycles. The summed E-state index contributed by atoms with van der Waals surface area (Å²) in [6, 6.07) is 1.47. The van der Waals surface area contributed by atoms with Crippen molar-refractivity contribution < 1.29 is 9.59 Å². The summed E-state index contributed by atoms with van der Waals surface area (Å²) >= 11 is 6.42. The van der Waals surface area contributed by atoms with Gasteiger partial charge in [-0.25, -0.2) is 9.78 Å². The number of aromatic nitrogens is 3. The number of nitrogens with zero attached hydrogens (tertiary/aromatic N) is 4. The van der Waals surface area contributed by atoms with Crippen LogP contribution in [0.3, 0.4) is 0 Å². The van der Waals surface area contributed by atoms with Crippen LogP contribution in [0.5, 0.6) is 0 Å². The summed E-state index contributed by atoms with van der Waals surface area (Å²) in [7, 11) is 0. The lowest BCUT2D eigenvalue weighted by molar-refractivity contribution is -0.127. The molecule has 2 N–H and O–H groups in total. The van der Waals surface area contributed by atoms with Crippen molar-refractivity contribution in [2.24, 2.45) is 11.3 Å². The van der Waals surface area contributed by atoms with Crippen LogP contribution in [0.4, 0.5) is 10.6 Å². The fraction of sp³-hybridized carbons (Fsp3) is 0.524. The molecule has 1 fully saturated rings. The Morgan fingerprint density at radius 1 is 1.30 bits per heavy atom. The normalized spacial score (nSPS) is 19.6. The maximum atomic E-state index is 12.3. The summed E-state index contributed by atoms with van der Waals surface area (Å²) in [4.78, 5) is 29.8. The number of anilines is 1. The number of nitrogens with one attached hydrogen (secondary N) is 2. The number of fused-ring (bicyclic) bond motifs is 1. The molecule has 0 aliphatic carbocycles. The third-order valence-corrected chi connectivity index (χ3v) is 6.14. The van der Waals surface area contributed by atoms with Gasteiger partial charge in [-0.05, 0) is 30.2 Å². The van der Waals surface area contributed by atoms with Gasteiger partial charge in [0.25, 0.3) is 0 Å². The second kappa shape index (κ2) is 7.91. The summed E-state index contributed by atoms with van der Waals surface area (Å²) in [6.45, 7) is 8.83. The van der Waals surface area contributed by atoms with Gasteiger partial charge in [-0.1, -0.05) is 25.4 Å². The Labute approximate surface area is 181 Å². The number of hydrogen-bond acceptors (Lipinski definition) is 4. The predicted octanol–water partition coefficient (Wildman–Crippen LogP) is 3.17. The summed E-state index contributed by atoms with van der Waals surface area (Å²) in [6.07, 6.45) is 5.20. The van der Waals surface area contributed by atoms with Crippen molar-refractivity contribution in [3.05, 3.63) is 29.2 Å². The first kappa shape index (κ1) is 20.7. The number of amides is 3.